The first kappa shape index (κ1) is 15.0. The first-order valence-electron chi connectivity index (χ1n) is 8.00. The highest BCUT2D eigenvalue weighted by atomic mass is 16.5. The zero-order valence-corrected chi connectivity index (χ0v) is 13.2. The molecular weight excluding hydrogens is 308 g/mol. The average molecular weight is 326 g/mol. The normalized spacial score (nSPS) is 22.0. The van der Waals surface area contributed by atoms with Gasteiger partial charge in [-0.2, -0.15) is 0 Å². The van der Waals surface area contributed by atoms with Crippen molar-refractivity contribution in [3.63, 3.8) is 0 Å². The summed E-state index contributed by atoms with van der Waals surface area (Å²) in [6, 6.07) is 5.39. The van der Waals surface area contributed by atoms with Crippen molar-refractivity contribution in [1.29, 1.82) is 0 Å². The van der Waals surface area contributed by atoms with Gasteiger partial charge >= 0.3 is 0 Å². The molecule has 1 amide bonds. The smallest absolute Gasteiger partial charge is 0.272 e. The van der Waals surface area contributed by atoms with Crippen LogP contribution in [-0.4, -0.2) is 57.2 Å². The molecule has 0 aromatic carbocycles. The number of carbonyl (C=O) groups is 1. The minimum atomic E-state index is -0.298. The van der Waals surface area contributed by atoms with E-state index in [1.54, 1.807) is 29.6 Å². The van der Waals surface area contributed by atoms with Crippen LogP contribution in [-0.2, 0) is 4.74 Å². The van der Waals surface area contributed by atoms with Crippen molar-refractivity contribution in [2.24, 2.45) is 0 Å². The number of likely N-dealkylation sites (tertiary alicyclic amines) is 1. The van der Waals surface area contributed by atoms with Crippen molar-refractivity contribution in [3.8, 4) is 5.75 Å². The molecule has 1 spiro atoms. The Balaban J connectivity index is 1.36. The van der Waals surface area contributed by atoms with Crippen LogP contribution >= 0.6 is 0 Å². The molecule has 2 aliphatic heterocycles. The van der Waals surface area contributed by atoms with Crippen molar-refractivity contribution in [1.82, 2.24) is 19.9 Å². The van der Waals surface area contributed by atoms with Crippen LogP contribution in [0.3, 0.4) is 0 Å². The number of nitrogens with zero attached hydrogens (tertiary/aromatic N) is 4. The quantitative estimate of drug-likeness (QED) is 0.847. The van der Waals surface area contributed by atoms with Crippen LogP contribution in [0.5, 0.6) is 5.75 Å². The number of ether oxygens (including phenoxy) is 2. The maximum atomic E-state index is 12.4. The van der Waals surface area contributed by atoms with E-state index < -0.39 is 0 Å². The largest absolute Gasteiger partial charge is 0.489 e. The van der Waals surface area contributed by atoms with Crippen molar-refractivity contribution >= 4 is 5.91 Å². The number of rotatable bonds is 3. The predicted molar refractivity (Wildman–Crippen MR) is 84.5 cm³/mol. The molecule has 2 aromatic rings. The Morgan fingerprint density at radius 3 is 2.96 bits per heavy atom. The Morgan fingerprint density at radius 1 is 1.29 bits per heavy atom. The van der Waals surface area contributed by atoms with Crippen LogP contribution in [0.15, 0.2) is 43.1 Å². The molecule has 2 aliphatic rings. The molecule has 24 heavy (non-hydrogen) atoms. The zero-order chi connectivity index (χ0) is 16.4. The molecule has 0 saturated carbocycles. The molecule has 1 unspecified atom stereocenters. The lowest BCUT2D eigenvalue weighted by atomic mass is 9.84. The van der Waals surface area contributed by atoms with Crippen LogP contribution in [0.25, 0.3) is 0 Å². The summed E-state index contributed by atoms with van der Waals surface area (Å²) in [6.45, 7) is 1.78. The Bertz CT molecular complexity index is 704. The van der Waals surface area contributed by atoms with E-state index >= 15 is 0 Å². The topological polar surface area (TPSA) is 77.4 Å². The second-order valence-electron chi connectivity index (χ2n) is 6.21. The molecule has 4 rings (SSSR count). The standard InChI is InChI=1S/C17H18N4O3/c22-16(15-3-6-19-12-20-15)21-10-17(11-21)8-13(4-7-23-17)24-14-2-1-5-18-9-14/h1-3,5-6,9,12-13H,4,7-8,10-11H2. The number of carbonyl (C=O) groups excluding carboxylic acids is 1. The van der Waals surface area contributed by atoms with Crippen LogP contribution in [0, 0.1) is 0 Å². The molecule has 7 heteroatoms. The van der Waals surface area contributed by atoms with Gasteiger partial charge in [-0.3, -0.25) is 9.78 Å². The highest BCUT2D eigenvalue weighted by Crippen LogP contribution is 2.36. The maximum absolute atomic E-state index is 12.4. The SMILES string of the molecule is O=C(c1ccncn1)N1CC2(CC(Oc3cccnc3)CCO2)C1. The molecule has 124 valence electrons. The summed E-state index contributed by atoms with van der Waals surface area (Å²) in [5.41, 5.74) is 0.118. The monoisotopic (exact) mass is 326 g/mol. The maximum Gasteiger partial charge on any atom is 0.272 e. The fourth-order valence-electron chi connectivity index (χ4n) is 3.29. The lowest BCUT2D eigenvalue weighted by Gasteiger charge is -2.52. The van der Waals surface area contributed by atoms with Gasteiger partial charge in [-0.1, -0.05) is 0 Å². The Labute approximate surface area is 139 Å². The van der Waals surface area contributed by atoms with E-state index in [0.29, 0.717) is 25.4 Å². The highest BCUT2D eigenvalue weighted by Gasteiger charge is 2.50. The fourth-order valence-corrected chi connectivity index (χ4v) is 3.29. The lowest BCUT2D eigenvalue weighted by molar-refractivity contribution is -0.173. The fraction of sp³-hybridized carbons (Fsp3) is 0.412. The average Bonchev–Trinajstić information content (AvgIpc) is 2.61. The predicted octanol–water partition coefficient (Wildman–Crippen LogP) is 1.32. The number of hydrogen-bond acceptors (Lipinski definition) is 6. The number of amides is 1. The second-order valence-corrected chi connectivity index (χ2v) is 6.21. The van der Waals surface area contributed by atoms with Crippen molar-refractivity contribution in [2.45, 2.75) is 24.5 Å². The first-order chi connectivity index (χ1) is 11.7. The van der Waals surface area contributed by atoms with Crippen molar-refractivity contribution < 1.29 is 14.3 Å². The molecule has 0 radical (unpaired) electrons. The number of hydrogen-bond donors (Lipinski definition) is 0. The summed E-state index contributed by atoms with van der Waals surface area (Å²) in [7, 11) is 0. The molecule has 0 aliphatic carbocycles. The van der Waals surface area contributed by atoms with Gasteiger partial charge in [0.1, 0.15) is 29.5 Å². The van der Waals surface area contributed by atoms with Crippen LogP contribution in [0.4, 0.5) is 0 Å². The molecule has 4 heterocycles. The van der Waals surface area contributed by atoms with Gasteiger partial charge in [0.2, 0.25) is 0 Å². The summed E-state index contributed by atoms with van der Waals surface area (Å²) in [5, 5.41) is 0. The van der Waals surface area contributed by atoms with Crippen LogP contribution in [0.1, 0.15) is 23.3 Å². The highest BCUT2D eigenvalue weighted by molar-refractivity contribution is 5.92. The van der Waals surface area contributed by atoms with Gasteiger partial charge < -0.3 is 14.4 Å². The molecule has 7 nitrogen and oxygen atoms in total. The second kappa shape index (κ2) is 6.16. The van der Waals surface area contributed by atoms with Crippen LogP contribution < -0.4 is 4.74 Å². The van der Waals surface area contributed by atoms with Crippen molar-refractivity contribution in [3.05, 3.63) is 48.8 Å². The van der Waals surface area contributed by atoms with Gasteiger partial charge in [-0.05, 0) is 18.2 Å². The summed E-state index contributed by atoms with van der Waals surface area (Å²) in [4.78, 5) is 26.0. The van der Waals surface area contributed by atoms with E-state index in [1.165, 1.54) is 6.33 Å². The Morgan fingerprint density at radius 2 is 2.21 bits per heavy atom. The summed E-state index contributed by atoms with van der Waals surface area (Å²) in [6.07, 6.45) is 8.10. The molecular formula is C17H18N4O3. The summed E-state index contributed by atoms with van der Waals surface area (Å²) in [5.74, 6) is 0.690. The molecule has 2 fully saturated rings. The lowest BCUT2D eigenvalue weighted by Crippen LogP contribution is -2.67. The van der Waals surface area contributed by atoms with Crippen molar-refractivity contribution in [2.75, 3.05) is 19.7 Å². The van der Waals surface area contributed by atoms with E-state index in [4.69, 9.17) is 9.47 Å². The zero-order valence-electron chi connectivity index (χ0n) is 13.2. The van der Waals surface area contributed by atoms with Gasteiger partial charge in [0.15, 0.2) is 0 Å². The Hall–Kier alpha value is -2.54. The number of aromatic nitrogens is 3. The third kappa shape index (κ3) is 2.94. The van der Waals surface area contributed by atoms with E-state index in [0.717, 1.165) is 18.6 Å². The summed E-state index contributed by atoms with van der Waals surface area (Å²) < 4.78 is 12.0. The van der Waals surface area contributed by atoms with Gasteiger partial charge in [0.05, 0.1) is 25.9 Å². The van der Waals surface area contributed by atoms with E-state index in [2.05, 4.69) is 15.0 Å². The summed E-state index contributed by atoms with van der Waals surface area (Å²) >= 11 is 0. The Kier molecular flexibility index (Phi) is 3.86. The molecule has 0 N–H and O–H groups in total. The minimum Gasteiger partial charge on any atom is -0.489 e. The van der Waals surface area contributed by atoms with Crippen LogP contribution in [0.2, 0.25) is 0 Å². The first-order valence-corrected chi connectivity index (χ1v) is 8.00. The van der Waals surface area contributed by atoms with E-state index in [9.17, 15) is 4.79 Å². The van der Waals surface area contributed by atoms with Gasteiger partial charge in [-0.25, -0.2) is 9.97 Å². The molecule has 2 aromatic heterocycles. The van der Waals surface area contributed by atoms with E-state index in [1.807, 2.05) is 12.1 Å². The van der Waals surface area contributed by atoms with E-state index in [-0.39, 0.29) is 17.6 Å². The van der Waals surface area contributed by atoms with Gasteiger partial charge in [0.25, 0.3) is 5.91 Å². The third-order valence-electron chi connectivity index (χ3n) is 4.43. The molecule has 1 atom stereocenters. The molecule has 2 saturated heterocycles. The van der Waals surface area contributed by atoms with Gasteiger partial charge in [0, 0.05) is 25.2 Å². The minimum absolute atomic E-state index is 0.0815. The molecule has 0 bridgehead atoms. The number of pyridine rings is 1. The van der Waals surface area contributed by atoms with Gasteiger partial charge in [-0.15, -0.1) is 0 Å². The third-order valence-corrected chi connectivity index (χ3v) is 4.43.